The average Bonchev–Trinajstić information content (AvgIpc) is 3.53. The first-order chi connectivity index (χ1) is 18.8. The van der Waals surface area contributed by atoms with Crippen LogP contribution in [0.5, 0.6) is 5.88 Å². The van der Waals surface area contributed by atoms with E-state index in [1.807, 2.05) is 0 Å². The zero-order valence-electron chi connectivity index (χ0n) is 21.0. The van der Waals surface area contributed by atoms with Gasteiger partial charge in [0.05, 0.1) is 30.4 Å². The molecule has 4 aromatic rings. The minimum absolute atomic E-state index is 0.0895. The number of nitrogens with zero attached hydrogens (tertiary/aromatic N) is 6. The third-order valence-electron chi connectivity index (χ3n) is 6.89. The minimum Gasteiger partial charge on any atom is -0.473 e. The van der Waals surface area contributed by atoms with Gasteiger partial charge < -0.3 is 30.2 Å². The molecule has 14 heteroatoms. The number of aromatic nitrogens is 5. The monoisotopic (exact) mass is 534 g/mol. The smallest absolute Gasteiger partial charge is 0.260 e. The second-order valence-electron chi connectivity index (χ2n) is 9.66. The molecule has 14 nitrogen and oxygen atoms in total. The molecule has 0 spiro atoms. The number of carbonyl (C=O) groups excluding carboxylic acids is 2. The highest BCUT2D eigenvalue weighted by Gasteiger charge is 2.49. The number of benzene rings is 1. The van der Waals surface area contributed by atoms with Crippen molar-refractivity contribution in [3.05, 3.63) is 42.7 Å². The van der Waals surface area contributed by atoms with Crippen LogP contribution in [0.1, 0.15) is 26.2 Å². The van der Waals surface area contributed by atoms with Crippen molar-refractivity contribution in [1.82, 2.24) is 25.1 Å². The van der Waals surface area contributed by atoms with Gasteiger partial charge in [0.25, 0.3) is 11.8 Å². The molecule has 4 N–H and O–H groups in total. The van der Waals surface area contributed by atoms with Gasteiger partial charge in [-0.2, -0.15) is 5.10 Å². The summed E-state index contributed by atoms with van der Waals surface area (Å²) in [6.07, 6.45) is 5.02. The summed E-state index contributed by atoms with van der Waals surface area (Å²) in [6, 6.07) is 8.12. The van der Waals surface area contributed by atoms with Crippen LogP contribution in [-0.2, 0) is 14.3 Å². The van der Waals surface area contributed by atoms with Crippen molar-refractivity contribution in [2.45, 2.75) is 44.0 Å². The number of rotatable bonds is 7. The number of aliphatic hydroxyl groups is 1. The normalized spacial score (nSPS) is 19.5. The Morgan fingerprint density at radius 3 is 2.92 bits per heavy atom. The van der Waals surface area contributed by atoms with Gasteiger partial charge in [-0.05, 0) is 38.3 Å². The summed E-state index contributed by atoms with van der Waals surface area (Å²) in [7, 11) is 0. The number of amides is 2. The highest BCUT2D eigenvalue weighted by atomic mass is 16.5. The van der Waals surface area contributed by atoms with Crippen molar-refractivity contribution in [2.75, 3.05) is 29.1 Å². The highest BCUT2D eigenvalue weighted by Crippen LogP contribution is 2.28. The van der Waals surface area contributed by atoms with Crippen molar-refractivity contribution >= 4 is 40.1 Å². The van der Waals surface area contributed by atoms with E-state index >= 15 is 0 Å². The van der Waals surface area contributed by atoms with Crippen LogP contribution in [0.15, 0.2) is 47.2 Å². The van der Waals surface area contributed by atoms with E-state index in [1.54, 1.807) is 35.1 Å². The van der Waals surface area contributed by atoms with Crippen LogP contribution in [0, 0.1) is 0 Å². The number of hydrogen-bond donors (Lipinski definition) is 3. The Kier molecular flexibility index (Phi) is 6.12. The number of nitrogens with one attached hydrogen (secondary N) is 1. The molecule has 1 aromatic carbocycles. The van der Waals surface area contributed by atoms with E-state index in [2.05, 4.69) is 25.8 Å². The maximum absolute atomic E-state index is 13.4. The fraction of sp³-hybridized carbons (Fsp3) is 0.360. The molecule has 6 rings (SSSR count). The first-order valence-corrected chi connectivity index (χ1v) is 12.5. The lowest BCUT2D eigenvalue weighted by Crippen LogP contribution is -2.61. The summed E-state index contributed by atoms with van der Waals surface area (Å²) < 4.78 is 18.1. The Labute approximate surface area is 221 Å². The maximum Gasteiger partial charge on any atom is 0.260 e. The molecule has 2 fully saturated rings. The molecule has 1 aliphatic carbocycles. The van der Waals surface area contributed by atoms with E-state index in [1.165, 1.54) is 24.1 Å². The van der Waals surface area contributed by atoms with E-state index < -0.39 is 23.5 Å². The Morgan fingerprint density at radius 2 is 2.13 bits per heavy atom. The lowest BCUT2D eigenvalue weighted by molar-refractivity contribution is -0.165. The predicted octanol–water partition coefficient (Wildman–Crippen LogP) is 1.44. The van der Waals surface area contributed by atoms with Crippen LogP contribution in [0.25, 0.3) is 16.7 Å². The molecule has 1 aliphatic heterocycles. The molecular formula is C25H26N8O6. The third kappa shape index (κ3) is 4.64. The molecule has 4 heterocycles. The SMILES string of the molecule is CC(O)(C(=O)Nc1ccc2c(N)noc2c1)[C@H]1OCCN(c2ccn(-c3cnnc(OC4CCC4)c3)n2)C1=O. The van der Waals surface area contributed by atoms with Crippen molar-refractivity contribution in [3.8, 4) is 11.6 Å². The number of hydrogen-bond acceptors (Lipinski definition) is 11. The highest BCUT2D eigenvalue weighted by molar-refractivity contribution is 6.06. The van der Waals surface area contributed by atoms with E-state index in [0.29, 0.717) is 34.0 Å². The summed E-state index contributed by atoms with van der Waals surface area (Å²) in [6.45, 7) is 1.51. The van der Waals surface area contributed by atoms with E-state index in [9.17, 15) is 14.7 Å². The van der Waals surface area contributed by atoms with Crippen LogP contribution < -0.4 is 20.7 Å². The second-order valence-corrected chi connectivity index (χ2v) is 9.66. The Morgan fingerprint density at radius 1 is 1.28 bits per heavy atom. The van der Waals surface area contributed by atoms with Gasteiger partial charge in [-0.15, -0.1) is 10.2 Å². The Balaban J connectivity index is 1.17. The quantitative estimate of drug-likeness (QED) is 0.312. The molecule has 1 unspecified atom stereocenters. The summed E-state index contributed by atoms with van der Waals surface area (Å²) in [5, 5.41) is 30.5. The van der Waals surface area contributed by atoms with Crippen molar-refractivity contribution < 1.29 is 28.7 Å². The molecule has 1 saturated heterocycles. The second kappa shape index (κ2) is 9.63. The molecule has 2 atom stereocenters. The number of ether oxygens (including phenoxy) is 2. The largest absolute Gasteiger partial charge is 0.473 e. The molecule has 0 bridgehead atoms. The summed E-state index contributed by atoms with van der Waals surface area (Å²) >= 11 is 0. The number of morpholine rings is 1. The van der Waals surface area contributed by atoms with Crippen molar-refractivity contribution in [1.29, 1.82) is 0 Å². The molecule has 2 amide bonds. The first-order valence-electron chi connectivity index (χ1n) is 12.5. The van der Waals surface area contributed by atoms with Gasteiger partial charge in [0.2, 0.25) is 5.88 Å². The molecule has 202 valence electrons. The standard InChI is InChI=1S/C25H26N8O6/c1-25(36,24(35)28-14-5-6-17-18(11-14)39-31-22(17)26)21-23(34)32(9-10-37-21)19-7-8-33(30-19)15-12-20(29-27-13-15)38-16-3-2-4-16/h5-8,11-13,16,21,36H,2-4,9-10H2,1H3,(H2,26,31)(H,28,35)/t21-,25?/m0/s1. The lowest BCUT2D eigenvalue weighted by atomic mass is 9.95. The molecule has 3 aromatic heterocycles. The Bertz CT molecular complexity index is 1540. The van der Waals surface area contributed by atoms with Crippen LogP contribution in [-0.4, -0.2) is 73.0 Å². The molecular weight excluding hydrogens is 508 g/mol. The number of nitrogen functional groups attached to an aromatic ring is 1. The van der Waals surface area contributed by atoms with Gasteiger partial charge in [-0.25, -0.2) is 4.68 Å². The van der Waals surface area contributed by atoms with Crippen LogP contribution in [0.3, 0.4) is 0 Å². The zero-order chi connectivity index (χ0) is 27.1. The van der Waals surface area contributed by atoms with Crippen molar-refractivity contribution in [2.24, 2.45) is 0 Å². The number of anilines is 3. The van der Waals surface area contributed by atoms with Gasteiger partial charge in [0.1, 0.15) is 6.10 Å². The van der Waals surface area contributed by atoms with E-state index in [-0.39, 0.29) is 25.1 Å². The number of fused-ring (bicyclic) bond motifs is 1. The van der Waals surface area contributed by atoms with Gasteiger partial charge in [0, 0.05) is 30.1 Å². The predicted molar refractivity (Wildman–Crippen MR) is 137 cm³/mol. The Hall–Kier alpha value is -4.56. The third-order valence-corrected chi connectivity index (χ3v) is 6.89. The van der Waals surface area contributed by atoms with Gasteiger partial charge >= 0.3 is 0 Å². The van der Waals surface area contributed by atoms with Crippen LogP contribution in [0.4, 0.5) is 17.3 Å². The summed E-state index contributed by atoms with van der Waals surface area (Å²) in [5.74, 6) is -0.476. The van der Waals surface area contributed by atoms with Gasteiger partial charge in [-0.3, -0.25) is 14.5 Å². The van der Waals surface area contributed by atoms with Crippen LogP contribution >= 0.6 is 0 Å². The molecule has 2 aliphatic rings. The maximum atomic E-state index is 13.4. The summed E-state index contributed by atoms with van der Waals surface area (Å²) in [5.41, 5.74) is 4.83. The fourth-order valence-corrected chi connectivity index (χ4v) is 4.41. The van der Waals surface area contributed by atoms with Crippen LogP contribution in [0.2, 0.25) is 0 Å². The lowest BCUT2D eigenvalue weighted by Gasteiger charge is -2.37. The van der Waals surface area contributed by atoms with E-state index in [4.69, 9.17) is 19.7 Å². The van der Waals surface area contributed by atoms with Gasteiger partial charge in [0.15, 0.2) is 28.9 Å². The van der Waals surface area contributed by atoms with E-state index in [0.717, 1.165) is 19.3 Å². The topological polar surface area (TPSA) is 184 Å². The fourth-order valence-electron chi connectivity index (χ4n) is 4.41. The average molecular weight is 535 g/mol. The molecule has 0 radical (unpaired) electrons. The summed E-state index contributed by atoms with van der Waals surface area (Å²) in [4.78, 5) is 27.8. The first kappa shape index (κ1) is 24.8. The number of carbonyl (C=O) groups is 2. The number of nitrogens with two attached hydrogens (primary N) is 1. The zero-order valence-corrected chi connectivity index (χ0v) is 21.0. The minimum atomic E-state index is -2.20. The molecule has 39 heavy (non-hydrogen) atoms. The van der Waals surface area contributed by atoms with Crippen molar-refractivity contribution in [3.63, 3.8) is 0 Å². The molecule has 1 saturated carbocycles. The van der Waals surface area contributed by atoms with Gasteiger partial charge in [-0.1, -0.05) is 5.16 Å².